The van der Waals surface area contributed by atoms with E-state index in [1.165, 1.54) is 0 Å². The van der Waals surface area contributed by atoms with Crippen molar-refractivity contribution in [2.45, 2.75) is 25.5 Å². The topological polar surface area (TPSA) is 24.4 Å². The molecule has 1 aromatic rings. The molecule has 0 spiro atoms. The van der Waals surface area contributed by atoms with Gasteiger partial charge in [-0.3, -0.25) is 4.99 Å². The van der Waals surface area contributed by atoms with Crippen molar-refractivity contribution in [2.75, 3.05) is 11.9 Å². The van der Waals surface area contributed by atoms with Crippen LogP contribution < -0.4 is 5.32 Å². The van der Waals surface area contributed by atoms with Gasteiger partial charge in [-0.2, -0.15) is 0 Å². The summed E-state index contributed by atoms with van der Waals surface area (Å²) in [6.45, 7) is 4.96. The van der Waals surface area contributed by atoms with Gasteiger partial charge < -0.3 is 5.32 Å². The van der Waals surface area contributed by atoms with Gasteiger partial charge in [0.1, 0.15) is 0 Å². The van der Waals surface area contributed by atoms with Gasteiger partial charge in [-0.05, 0) is 12.3 Å². The smallest absolute Gasteiger partial charge is 0.194 e. The molecule has 6 heteroatoms. The summed E-state index contributed by atoms with van der Waals surface area (Å²) in [5.41, 5.74) is 0.174. The number of thioether (sulfide) groups is 1. The second-order valence-corrected chi connectivity index (χ2v) is 6.18. The van der Waals surface area contributed by atoms with Crippen molar-refractivity contribution in [3.8, 4) is 0 Å². The largest absolute Gasteiger partial charge is 0.335 e. The molecule has 1 heterocycles. The average molecular weight is 288 g/mol. The first-order valence-corrected chi connectivity index (χ1v) is 6.96. The summed E-state index contributed by atoms with van der Waals surface area (Å²) < 4.78 is 38.9. The molecule has 0 radical (unpaired) electrons. The highest BCUT2D eigenvalue weighted by Crippen LogP contribution is 2.28. The molecule has 2 nitrogen and oxygen atoms in total. The lowest BCUT2D eigenvalue weighted by Crippen LogP contribution is -2.10. The fourth-order valence-corrected chi connectivity index (χ4v) is 3.16. The predicted octanol–water partition coefficient (Wildman–Crippen LogP) is 4.03. The van der Waals surface area contributed by atoms with E-state index in [2.05, 4.69) is 24.2 Å². The van der Waals surface area contributed by atoms with Crippen LogP contribution in [0.1, 0.15) is 20.3 Å². The number of nitrogens with one attached hydrogen (secondary N) is 1. The van der Waals surface area contributed by atoms with E-state index in [1.54, 1.807) is 11.8 Å². The number of amidine groups is 1. The van der Waals surface area contributed by atoms with Crippen molar-refractivity contribution >= 4 is 22.6 Å². The minimum Gasteiger partial charge on any atom is -0.335 e. The lowest BCUT2D eigenvalue weighted by molar-refractivity contribution is 0.448. The van der Waals surface area contributed by atoms with E-state index in [-0.39, 0.29) is 5.69 Å². The SMILES string of the molecule is CC(C)CC1CN=C(Nc2cc(F)c(F)c(F)c2)S1. The molecule has 1 aliphatic heterocycles. The van der Waals surface area contributed by atoms with Crippen LogP contribution >= 0.6 is 11.8 Å². The Morgan fingerprint density at radius 2 is 1.95 bits per heavy atom. The van der Waals surface area contributed by atoms with Crippen LogP contribution in [0.25, 0.3) is 0 Å². The number of anilines is 1. The Labute approximate surface area is 114 Å². The first kappa shape index (κ1) is 14.2. The summed E-state index contributed by atoms with van der Waals surface area (Å²) in [6.07, 6.45) is 1.03. The molecule has 0 bridgehead atoms. The minimum absolute atomic E-state index is 0.174. The second-order valence-electron chi connectivity index (χ2n) is 4.89. The standard InChI is InChI=1S/C13H15F3N2S/c1-7(2)3-9-6-17-13(19-9)18-8-4-10(14)12(16)11(15)5-8/h4-5,7,9H,3,6H2,1-2H3,(H,17,18). The van der Waals surface area contributed by atoms with Gasteiger partial charge >= 0.3 is 0 Å². The highest BCUT2D eigenvalue weighted by atomic mass is 32.2. The molecule has 104 valence electrons. The van der Waals surface area contributed by atoms with Gasteiger partial charge in [0, 0.05) is 23.1 Å². The fraction of sp³-hybridized carbons (Fsp3) is 0.462. The van der Waals surface area contributed by atoms with E-state index in [9.17, 15) is 13.2 Å². The highest BCUT2D eigenvalue weighted by Gasteiger charge is 2.21. The molecule has 1 atom stereocenters. The van der Waals surface area contributed by atoms with Crippen molar-refractivity contribution in [3.63, 3.8) is 0 Å². The Bertz CT molecular complexity index is 480. The predicted molar refractivity (Wildman–Crippen MR) is 73.1 cm³/mol. The third-order valence-electron chi connectivity index (χ3n) is 2.69. The monoisotopic (exact) mass is 288 g/mol. The zero-order valence-corrected chi connectivity index (χ0v) is 11.5. The van der Waals surface area contributed by atoms with E-state index in [0.717, 1.165) is 18.6 Å². The van der Waals surface area contributed by atoms with Crippen molar-refractivity contribution in [1.29, 1.82) is 0 Å². The van der Waals surface area contributed by atoms with E-state index < -0.39 is 17.5 Å². The molecule has 0 saturated heterocycles. The van der Waals surface area contributed by atoms with Crippen LogP contribution in [0.2, 0.25) is 0 Å². The van der Waals surface area contributed by atoms with E-state index >= 15 is 0 Å². The molecule has 0 saturated carbocycles. The molecule has 0 aromatic heterocycles. The van der Waals surface area contributed by atoms with E-state index in [1.807, 2.05) is 0 Å². The maximum atomic E-state index is 13.1. The van der Waals surface area contributed by atoms with Crippen LogP contribution in [0.5, 0.6) is 0 Å². The van der Waals surface area contributed by atoms with Crippen molar-refractivity contribution in [3.05, 3.63) is 29.6 Å². The summed E-state index contributed by atoms with van der Waals surface area (Å²) in [5, 5.41) is 3.83. The number of benzene rings is 1. The Morgan fingerprint density at radius 1 is 1.32 bits per heavy atom. The molecule has 1 unspecified atom stereocenters. The number of hydrogen-bond donors (Lipinski definition) is 1. The molecule has 1 aromatic carbocycles. The lowest BCUT2D eigenvalue weighted by atomic mass is 10.1. The Kier molecular flexibility index (Phi) is 4.39. The van der Waals surface area contributed by atoms with Crippen LogP contribution in [0.15, 0.2) is 17.1 Å². The van der Waals surface area contributed by atoms with Crippen molar-refractivity contribution < 1.29 is 13.2 Å². The van der Waals surface area contributed by atoms with Gasteiger partial charge in [0.25, 0.3) is 0 Å². The second kappa shape index (κ2) is 5.86. The van der Waals surface area contributed by atoms with Gasteiger partial charge in [0.05, 0.1) is 6.54 Å². The molecule has 0 fully saturated rings. The van der Waals surface area contributed by atoms with Gasteiger partial charge in [-0.1, -0.05) is 25.6 Å². The number of hydrogen-bond acceptors (Lipinski definition) is 3. The molecule has 0 amide bonds. The van der Waals surface area contributed by atoms with Crippen LogP contribution in [0, 0.1) is 23.4 Å². The van der Waals surface area contributed by atoms with Gasteiger partial charge in [0.2, 0.25) is 0 Å². The Morgan fingerprint density at radius 3 is 2.53 bits per heavy atom. The van der Waals surface area contributed by atoms with Crippen LogP contribution in [0.3, 0.4) is 0 Å². The maximum Gasteiger partial charge on any atom is 0.194 e. The van der Waals surface area contributed by atoms with Crippen LogP contribution in [-0.4, -0.2) is 17.0 Å². The summed E-state index contributed by atoms with van der Waals surface area (Å²) in [4.78, 5) is 4.28. The summed E-state index contributed by atoms with van der Waals surface area (Å²) in [6, 6.07) is 1.86. The number of aliphatic imine (C=N–C) groups is 1. The molecular formula is C13H15F3N2S. The third kappa shape index (κ3) is 3.65. The minimum atomic E-state index is -1.45. The van der Waals surface area contributed by atoms with Gasteiger partial charge in [-0.15, -0.1) is 0 Å². The van der Waals surface area contributed by atoms with E-state index in [4.69, 9.17) is 0 Å². The third-order valence-corrected chi connectivity index (χ3v) is 3.82. The first-order chi connectivity index (χ1) is 8.95. The zero-order chi connectivity index (χ0) is 14.0. The first-order valence-electron chi connectivity index (χ1n) is 6.08. The number of rotatable bonds is 3. The van der Waals surface area contributed by atoms with Crippen LogP contribution in [-0.2, 0) is 0 Å². The van der Waals surface area contributed by atoms with Gasteiger partial charge in [0.15, 0.2) is 22.6 Å². The quantitative estimate of drug-likeness (QED) is 0.849. The molecule has 19 heavy (non-hydrogen) atoms. The van der Waals surface area contributed by atoms with E-state index in [0.29, 0.717) is 22.9 Å². The molecule has 2 rings (SSSR count). The Balaban J connectivity index is 2.00. The summed E-state index contributed by atoms with van der Waals surface area (Å²) in [7, 11) is 0. The molecule has 0 aliphatic carbocycles. The number of halogens is 3. The van der Waals surface area contributed by atoms with Gasteiger partial charge in [-0.25, -0.2) is 13.2 Å². The summed E-state index contributed by atoms with van der Waals surface area (Å²) >= 11 is 1.55. The van der Waals surface area contributed by atoms with Crippen LogP contribution in [0.4, 0.5) is 18.9 Å². The summed E-state index contributed by atoms with van der Waals surface area (Å²) in [5.74, 6) is -3.29. The molecule has 1 N–H and O–H groups in total. The van der Waals surface area contributed by atoms with Crippen molar-refractivity contribution in [2.24, 2.45) is 10.9 Å². The zero-order valence-electron chi connectivity index (χ0n) is 10.7. The molecular weight excluding hydrogens is 273 g/mol. The highest BCUT2D eigenvalue weighted by molar-refractivity contribution is 8.15. The molecule has 1 aliphatic rings. The maximum absolute atomic E-state index is 13.1. The lowest BCUT2D eigenvalue weighted by Gasteiger charge is -2.11. The normalized spacial score (nSPS) is 18.8. The average Bonchev–Trinajstić information content (AvgIpc) is 2.72. The Hall–Kier alpha value is -1.17. The number of nitrogens with zero attached hydrogens (tertiary/aromatic N) is 1. The fourth-order valence-electron chi connectivity index (χ4n) is 1.89. The van der Waals surface area contributed by atoms with Crippen molar-refractivity contribution in [1.82, 2.24) is 0 Å².